The van der Waals surface area contributed by atoms with E-state index in [0.717, 1.165) is 0 Å². The van der Waals surface area contributed by atoms with Crippen LogP contribution in [0.2, 0.25) is 0 Å². The third-order valence-electron chi connectivity index (χ3n) is 5.42. The maximum Gasteiger partial charge on any atom is 0.231 e. The van der Waals surface area contributed by atoms with E-state index in [-0.39, 0.29) is 30.7 Å². The number of rotatable bonds is 4. The lowest BCUT2D eigenvalue weighted by Crippen LogP contribution is -2.67. The summed E-state index contributed by atoms with van der Waals surface area (Å²) >= 11 is 0. The van der Waals surface area contributed by atoms with E-state index in [9.17, 15) is 13.2 Å². The van der Waals surface area contributed by atoms with Gasteiger partial charge in [0.25, 0.3) is 0 Å². The van der Waals surface area contributed by atoms with Crippen LogP contribution in [0.5, 0.6) is 0 Å². The molecule has 2 aromatic heterocycles. The van der Waals surface area contributed by atoms with Crippen molar-refractivity contribution in [2.75, 3.05) is 18.8 Å². The van der Waals surface area contributed by atoms with E-state index in [1.807, 2.05) is 19.9 Å². The van der Waals surface area contributed by atoms with Gasteiger partial charge in [0, 0.05) is 25.7 Å². The van der Waals surface area contributed by atoms with Crippen molar-refractivity contribution in [3.63, 3.8) is 0 Å². The molecule has 1 spiro atoms. The van der Waals surface area contributed by atoms with Crippen molar-refractivity contribution < 1.29 is 17.7 Å². The smallest absolute Gasteiger partial charge is 0.231 e. The molecule has 2 fully saturated rings. The van der Waals surface area contributed by atoms with Crippen molar-refractivity contribution in [3.8, 4) is 11.5 Å². The third kappa shape index (κ3) is 2.93. The molecule has 0 radical (unpaired) electrons. The van der Waals surface area contributed by atoms with Gasteiger partial charge < -0.3 is 9.42 Å². The molecule has 0 aromatic carbocycles. The fraction of sp³-hybridized carbons (Fsp3) is 0.556. The molecular formula is C18H22N4O4S. The van der Waals surface area contributed by atoms with Crippen LogP contribution in [0, 0.1) is 5.92 Å². The molecule has 0 aliphatic carbocycles. The minimum absolute atomic E-state index is 0.00354. The highest BCUT2D eigenvalue weighted by atomic mass is 32.2. The average molecular weight is 390 g/mol. The van der Waals surface area contributed by atoms with E-state index in [4.69, 9.17) is 4.52 Å². The van der Waals surface area contributed by atoms with Crippen molar-refractivity contribution in [1.82, 2.24) is 20.0 Å². The van der Waals surface area contributed by atoms with Crippen LogP contribution in [0.3, 0.4) is 0 Å². The maximum absolute atomic E-state index is 12.8. The second-order valence-corrected chi connectivity index (χ2v) is 10.2. The fourth-order valence-corrected chi connectivity index (χ4v) is 6.26. The Morgan fingerprint density at radius 3 is 2.81 bits per heavy atom. The van der Waals surface area contributed by atoms with Crippen LogP contribution in [0.4, 0.5) is 0 Å². The molecule has 27 heavy (non-hydrogen) atoms. The molecule has 9 heteroatoms. The predicted octanol–water partition coefficient (Wildman–Crippen LogP) is 1.66. The largest absolute Gasteiger partial charge is 0.339 e. The maximum atomic E-state index is 12.8. The lowest BCUT2D eigenvalue weighted by molar-refractivity contribution is -0.137. The van der Waals surface area contributed by atoms with Crippen molar-refractivity contribution in [2.45, 2.75) is 37.4 Å². The second kappa shape index (κ2) is 6.40. The van der Waals surface area contributed by atoms with Crippen LogP contribution in [-0.4, -0.2) is 57.9 Å². The van der Waals surface area contributed by atoms with E-state index >= 15 is 0 Å². The van der Waals surface area contributed by atoms with E-state index in [1.54, 1.807) is 23.2 Å². The Morgan fingerprint density at radius 2 is 2.15 bits per heavy atom. The molecule has 2 aromatic rings. The number of likely N-dealkylation sites (tertiary alicyclic amines) is 1. The number of nitrogens with zero attached hydrogens (tertiary/aromatic N) is 4. The van der Waals surface area contributed by atoms with E-state index in [2.05, 4.69) is 15.1 Å². The molecule has 8 nitrogen and oxygen atoms in total. The van der Waals surface area contributed by atoms with E-state index in [1.165, 1.54) is 0 Å². The summed E-state index contributed by atoms with van der Waals surface area (Å²) in [6.07, 6.45) is 2.49. The Kier molecular flexibility index (Phi) is 4.29. The molecule has 2 aliphatic heterocycles. The Morgan fingerprint density at radius 1 is 1.37 bits per heavy atom. The van der Waals surface area contributed by atoms with Gasteiger partial charge in [-0.15, -0.1) is 0 Å². The number of pyridine rings is 1. The molecule has 4 rings (SSSR count). The zero-order chi connectivity index (χ0) is 19.2. The normalized spacial score (nSPS) is 22.9. The van der Waals surface area contributed by atoms with Crippen molar-refractivity contribution in [1.29, 1.82) is 0 Å². The van der Waals surface area contributed by atoms with Gasteiger partial charge in [-0.05, 0) is 24.5 Å². The van der Waals surface area contributed by atoms with Crippen molar-refractivity contribution >= 4 is 15.7 Å². The standard InChI is InChI=1S/C18H22N4O4S/c1-12(2)9-15(23)22-10-18(11-22)13(6-8-27(18,24)25)17-20-16(21-26-17)14-5-3-4-7-19-14/h3-5,7,12-13H,6,8-11H2,1-2H3. The number of hydrogen-bond donors (Lipinski definition) is 0. The summed E-state index contributed by atoms with van der Waals surface area (Å²) in [5, 5.41) is 3.97. The Balaban J connectivity index is 1.59. The van der Waals surface area contributed by atoms with Gasteiger partial charge >= 0.3 is 0 Å². The minimum Gasteiger partial charge on any atom is -0.339 e. The minimum atomic E-state index is -3.33. The highest BCUT2D eigenvalue weighted by Crippen LogP contribution is 2.49. The van der Waals surface area contributed by atoms with Gasteiger partial charge in [-0.25, -0.2) is 8.42 Å². The first kappa shape index (κ1) is 18.1. The number of carbonyl (C=O) groups is 1. The van der Waals surface area contributed by atoms with Gasteiger partial charge in [0.15, 0.2) is 9.84 Å². The zero-order valence-corrected chi connectivity index (χ0v) is 16.1. The Bertz CT molecular complexity index is 949. The summed E-state index contributed by atoms with van der Waals surface area (Å²) in [6, 6.07) is 5.38. The molecule has 2 saturated heterocycles. The summed E-state index contributed by atoms with van der Waals surface area (Å²) in [4.78, 5) is 22.5. The van der Waals surface area contributed by atoms with Gasteiger partial charge in [-0.3, -0.25) is 9.78 Å². The van der Waals surface area contributed by atoms with Gasteiger partial charge in [-0.2, -0.15) is 4.98 Å². The topological polar surface area (TPSA) is 106 Å². The van der Waals surface area contributed by atoms with E-state index in [0.29, 0.717) is 30.3 Å². The van der Waals surface area contributed by atoms with Crippen molar-refractivity contribution in [3.05, 3.63) is 30.3 Å². The van der Waals surface area contributed by atoms with E-state index < -0.39 is 20.5 Å². The first-order chi connectivity index (χ1) is 12.8. The van der Waals surface area contributed by atoms with Gasteiger partial charge in [0.1, 0.15) is 10.4 Å². The van der Waals surface area contributed by atoms with Crippen LogP contribution >= 0.6 is 0 Å². The van der Waals surface area contributed by atoms with Gasteiger partial charge in [-0.1, -0.05) is 25.1 Å². The average Bonchev–Trinajstić information content (AvgIpc) is 3.15. The van der Waals surface area contributed by atoms with Crippen LogP contribution < -0.4 is 0 Å². The summed E-state index contributed by atoms with van der Waals surface area (Å²) < 4.78 is 30.0. The number of amides is 1. The Hall–Kier alpha value is -2.29. The SMILES string of the molecule is CC(C)CC(=O)N1CC2(C1)C(c1nc(-c3ccccn3)no1)CCS2(=O)=O. The van der Waals surface area contributed by atoms with Gasteiger partial charge in [0.05, 0.1) is 11.7 Å². The predicted molar refractivity (Wildman–Crippen MR) is 97.4 cm³/mol. The molecule has 1 atom stereocenters. The van der Waals surface area contributed by atoms with Crippen LogP contribution in [0.25, 0.3) is 11.5 Å². The zero-order valence-electron chi connectivity index (χ0n) is 15.3. The summed E-state index contributed by atoms with van der Waals surface area (Å²) in [7, 11) is -3.33. The highest BCUT2D eigenvalue weighted by Gasteiger charge is 2.64. The molecule has 0 N–H and O–H groups in total. The van der Waals surface area contributed by atoms with Crippen LogP contribution in [0.15, 0.2) is 28.9 Å². The summed E-state index contributed by atoms with van der Waals surface area (Å²) in [6.45, 7) is 4.35. The molecular weight excluding hydrogens is 368 g/mol. The quantitative estimate of drug-likeness (QED) is 0.781. The molecule has 0 saturated carbocycles. The van der Waals surface area contributed by atoms with Crippen molar-refractivity contribution in [2.24, 2.45) is 5.92 Å². The first-order valence-corrected chi connectivity index (χ1v) is 10.7. The lowest BCUT2D eigenvalue weighted by atomic mass is 9.82. The number of carbonyl (C=O) groups excluding carboxylic acids is 1. The second-order valence-electron chi connectivity index (χ2n) is 7.74. The molecule has 0 bridgehead atoms. The number of sulfone groups is 1. The fourth-order valence-electron chi connectivity index (χ4n) is 3.95. The molecule has 4 heterocycles. The monoisotopic (exact) mass is 390 g/mol. The van der Waals surface area contributed by atoms with Crippen LogP contribution in [0.1, 0.15) is 38.5 Å². The molecule has 144 valence electrons. The molecule has 1 amide bonds. The third-order valence-corrected chi connectivity index (χ3v) is 7.97. The number of hydrogen-bond acceptors (Lipinski definition) is 7. The Labute approximate surface area is 157 Å². The van der Waals surface area contributed by atoms with Gasteiger partial charge in [0.2, 0.25) is 17.6 Å². The summed E-state index contributed by atoms with van der Waals surface area (Å²) in [5.74, 6) is 0.573. The highest BCUT2D eigenvalue weighted by molar-refractivity contribution is 7.93. The molecule has 2 aliphatic rings. The van der Waals surface area contributed by atoms with Crippen LogP contribution in [-0.2, 0) is 14.6 Å². The summed E-state index contributed by atoms with van der Waals surface area (Å²) in [5.41, 5.74) is 0.574. The molecule has 1 unspecified atom stereocenters. The first-order valence-electron chi connectivity index (χ1n) is 9.07. The lowest BCUT2D eigenvalue weighted by Gasteiger charge is -2.49. The number of aromatic nitrogens is 3.